The van der Waals surface area contributed by atoms with Gasteiger partial charge in [0.15, 0.2) is 0 Å². The fraction of sp³-hybridized carbons (Fsp3) is 0.409. The summed E-state index contributed by atoms with van der Waals surface area (Å²) in [4.78, 5) is 1.61. The molecule has 3 aromatic rings. The first-order chi connectivity index (χ1) is 13.9. The van der Waals surface area contributed by atoms with Crippen LogP contribution in [0.5, 0.6) is 5.75 Å². The number of rotatable bonds is 6. The van der Waals surface area contributed by atoms with E-state index in [2.05, 4.69) is 11.2 Å². The first-order valence-corrected chi connectivity index (χ1v) is 9.83. The molecule has 1 aliphatic rings. The average molecular weight is 401 g/mol. The lowest BCUT2D eigenvalue weighted by atomic mass is 10.0. The highest BCUT2D eigenvalue weighted by Crippen LogP contribution is 2.28. The molecule has 0 aliphatic carbocycles. The van der Waals surface area contributed by atoms with Crippen LogP contribution in [-0.4, -0.2) is 58.1 Å². The Morgan fingerprint density at radius 2 is 1.97 bits per heavy atom. The van der Waals surface area contributed by atoms with E-state index in [0.717, 1.165) is 22.0 Å². The van der Waals surface area contributed by atoms with E-state index in [1.807, 2.05) is 49.6 Å². The lowest BCUT2D eigenvalue weighted by Crippen LogP contribution is -2.46. The van der Waals surface area contributed by atoms with Gasteiger partial charge in [0.1, 0.15) is 18.5 Å². The van der Waals surface area contributed by atoms with Crippen LogP contribution in [0.25, 0.3) is 22.0 Å². The molecule has 0 saturated carbocycles. The van der Waals surface area contributed by atoms with Gasteiger partial charge in [-0.05, 0) is 48.0 Å². The molecule has 154 valence electrons. The predicted molar refractivity (Wildman–Crippen MR) is 108 cm³/mol. The van der Waals surface area contributed by atoms with Gasteiger partial charge >= 0.3 is 0 Å². The molecule has 1 unspecified atom stereocenters. The van der Waals surface area contributed by atoms with Gasteiger partial charge in [0.25, 0.3) is 5.92 Å². The Labute approximate surface area is 168 Å². The number of benzene rings is 2. The smallest absolute Gasteiger partial charge is 0.260 e. The Kier molecular flexibility index (Phi) is 5.52. The van der Waals surface area contributed by atoms with E-state index in [1.165, 1.54) is 0 Å². The summed E-state index contributed by atoms with van der Waals surface area (Å²) >= 11 is 0. The topological polar surface area (TPSA) is 50.5 Å². The lowest BCUT2D eigenvalue weighted by Gasteiger charge is -2.33. The van der Waals surface area contributed by atoms with E-state index < -0.39 is 12.0 Å². The highest BCUT2D eigenvalue weighted by molar-refractivity contribution is 5.87. The van der Waals surface area contributed by atoms with Crippen molar-refractivity contribution < 1.29 is 18.6 Å². The number of aryl methyl sites for hydroxylation is 1. The zero-order valence-electron chi connectivity index (χ0n) is 16.4. The largest absolute Gasteiger partial charge is 0.491 e. The third-order valence-corrected chi connectivity index (χ3v) is 5.20. The second kappa shape index (κ2) is 8.08. The highest BCUT2D eigenvalue weighted by Gasteiger charge is 2.35. The van der Waals surface area contributed by atoms with Gasteiger partial charge in [-0.25, -0.2) is 8.78 Å². The molecule has 0 amide bonds. The third kappa shape index (κ3) is 4.92. The van der Waals surface area contributed by atoms with Crippen LogP contribution in [0, 0.1) is 0 Å². The molecule has 1 aromatic heterocycles. The number of fused-ring (bicyclic) bond motifs is 1. The Morgan fingerprint density at radius 3 is 2.72 bits per heavy atom. The fourth-order valence-electron chi connectivity index (χ4n) is 3.79. The summed E-state index contributed by atoms with van der Waals surface area (Å²) in [6.45, 7) is 0.552. The Hall–Kier alpha value is -2.51. The van der Waals surface area contributed by atoms with Crippen LogP contribution in [0.15, 0.2) is 48.7 Å². The monoisotopic (exact) mass is 401 g/mol. The molecule has 2 aromatic carbocycles. The van der Waals surface area contributed by atoms with Gasteiger partial charge in [0.2, 0.25) is 0 Å². The minimum absolute atomic E-state index is 0.0690. The molecule has 29 heavy (non-hydrogen) atoms. The maximum atomic E-state index is 13.5. The number of aromatic nitrogens is 2. The number of nitrogens with zero attached hydrogens (tertiary/aromatic N) is 3. The SMILES string of the molecule is Cn1ccc(-c2ccc3cc(OCC(O)CN4CCCC(F)(F)C4)ccc3c2)n1. The summed E-state index contributed by atoms with van der Waals surface area (Å²) in [5, 5.41) is 16.7. The van der Waals surface area contributed by atoms with E-state index in [9.17, 15) is 13.9 Å². The van der Waals surface area contributed by atoms with Gasteiger partial charge in [0, 0.05) is 31.8 Å². The second-order valence-electron chi connectivity index (χ2n) is 7.76. The molecule has 1 N–H and O–H groups in total. The molecule has 7 heteroatoms. The molecule has 2 heterocycles. The lowest BCUT2D eigenvalue weighted by molar-refractivity contribution is -0.0737. The number of alkyl halides is 2. The number of aliphatic hydroxyl groups excluding tert-OH is 1. The first-order valence-electron chi connectivity index (χ1n) is 9.83. The number of hydrogen-bond donors (Lipinski definition) is 1. The van der Waals surface area contributed by atoms with Gasteiger partial charge in [0.05, 0.1) is 12.2 Å². The van der Waals surface area contributed by atoms with Crippen LogP contribution >= 0.6 is 0 Å². The quantitative estimate of drug-likeness (QED) is 0.684. The predicted octanol–water partition coefficient (Wildman–Crippen LogP) is 3.71. The first kappa shape index (κ1) is 19.8. The number of halogens is 2. The molecule has 1 fully saturated rings. The summed E-state index contributed by atoms with van der Waals surface area (Å²) in [6.07, 6.45) is 1.47. The van der Waals surface area contributed by atoms with Crippen molar-refractivity contribution in [1.82, 2.24) is 14.7 Å². The normalized spacial score (nSPS) is 18.1. The summed E-state index contributed by atoms with van der Waals surface area (Å²) in [5.41, 5.74) is 1.96. The van der Waals surface area contributed by atoms with E-state index in [-0.39, 0.29) is 26.1 Å². The van der Waals surface area contributed by atoms with E-state index >= 15 is 0 Å². The van der Waals surface area contributed by atoms with Gasteiger partial charge in [-0.2, -0.15) is 5.10 Å². The van der Waals surface area contributed by atoms with E-state index in [1.54, 1.807) is 9.58 Å². The van der Waals surface area contributed by atoms with Gasteiger partial charge in [-0.3, -0.25) is 9.58 Å². The average Bonchev–Trinajstić information content (AvgIpc) is 3.11. The van der Waals surface area contributed by atoms with Crippen LogP contribution in [0.2, 0.25) is 0 Å². The van der Waals surface area contributed by atoms with Crippen LogP contribution in [-0.2, 0) is 7.05 Å². The minimum atomic E-state index is -2.66. The van der Waals surface area contributed by atoms with Crippen molar-refractivity contribution >= 4 is 10.8 Å². The third-order valence-electron chi connectivity index (χ3n) is 5.20. The van der Waals surface area contributed by atoms with Crippen molar-refractivity contribution in [3.8, 4) is 17.0 Å². The zero-order chi connectivity index (χ0) is 20.4. The highest BCUT2D eigenvalue weighted by atomic mass is 19.3. The van der Waals surface area contributed by atoms with E-state index in [0.29, 0.717) is 18.7 Å². The van der Waals surface area contributed by atoms with Gasteiger partial charge in [-0.15, -0.1) is 0 Å². The standard InChI is InChI=1S/C22H25F2N3O2/c1-26-10-7-21(25-26)18-4-3-17-12-20(6-5-16(17)11-18)29-14-19(28)13-27-9-2-8-22(23,24)15-27/h3-7,10-12,19,28H,2,8-9,13-15H2,1H3. The van der Waals surface area contributed by atoms with Crippen molar-refractivity contribution in [1.29, 1.82) is 0 Å². The number of likely N-dealkylation sites (tertiary alicyclic amines) is 1. The summed E-state index contributed by atoms with van der Waals surface area (Å²) in [6, 6.07) is 13.8. The summed E-state index contributed by atoms with van der Waals surface area (Å²) in [7, 11) is 1.89. The van der Waals surface area contributed by atoms with Gasteiger partial charge in [-0.1, -0.05) is 18.2 Å². The maximum Gasteiger partial charge on any atom is 0.260 e. The molecule has 0 spiro atoms. The van der Waals surface area contributed by atoms with Crippen molar-refractivity contribution in [3.63, 3.8) is 0 Å². The molecule has 5 nitrogen and oxygen atoms in total. The van der Waals surface area contributed by atoms with E-state index in [4.69, 9.17) is 4.74 Å². The van der Waals surface area contributed by atoms with Crippen LogP contribution < -0.4 is 4.74 Å². The van der Waals surface area contributed by atoms with Crippen LogP contribution in [0.3, 0.4) is 0 Å². The minimum Gasteiger partial charge on any atom is -0.491 e. The van der Waals surface area contributed by atoms with Crippen LogP contribution in [0.4, 0.5) is 8.78 Å². The molecular weight excluding hydrogens is 376 g/mol. The molecule has 0 radical (unpaired) electrons. The molecule has 1 atom stereocenters. The van der Waals surface area contributed by atoms with Crippen molar-refractivity contribution in [2.45, 2.75) is 24.9 Å². The Balaban J connectivity index is 1.37. The van der Waals surface area contributed by atoms with Gasteiger partial charge < -0.3 is 9.84 Å². The van der Waals surface area contributed by atoms with Crippen LogP contribution in [0.1, 0.15) is 12.8 Å². The number of aliphatic hydroxyl groups is 1. The van der Waals surface area contributed by atoms with Crippen molar-refractivity contribution in [2.75, 3.05) is 26.2 Å². The second-order valence-corrected chi connectivity index (χ2v) is 7.76. The Bertz CT molecular complexity index is 989. The number of β-amino-alcohol motifs (C(OH)–C–C–N with tert-alkyl or cyclic N) is 1. The number of ether oxygens (including phenoxy) is 1. The summed E-state index contributed by atoms with van der Waals surface area (Å²) in [5.74, 6) is -2.02. The molecule has 0 bridgehead atoms. The number of piperidine rings is 1. The fourth-order valence-corrected chi connectivity index (χ4v) is 3.79. The molecular formula is C22H25F2N3O2. The molecule has 1 aliphatic heterocycles. The van der Waals surface area contributed by atoms with Crippen molar-refractivity contribution in [2.24, 2.45) is 7.05 Å². The van der Waals surface area contributed by atoms with Crippen molar-refractivity contribution in [3.05, 3.63) is 48.7 Å². The molecule has 4 rings (SSSR count). The Morgan fingerprint density at radius 1 is 1.17 bits per heavy atom. The maximum absolute atomic E-state index is 13.5. The molecule has 1 saturated heterocycles. The zero-order valence-corrected chi connectivity index (χ0v) is 16.4. The number of hydrogen-bond acceptors (Lipinski definition) is 4. The summed E-state index contributed by atoms with van der Waals surface area (Å²) < 4.78 is 34.4.